The molecule has 3 nitrogen and oxygen atoms in total. The van der Waals surface area contributed by atoms with Gasteiger partial charge in [-0.2, -0.15) is 0 Å². The number of aliphatic hydroxyl groups is 2. The maximum Gasteiger partial charge on any atom is 0.126 e. The van der Waals surface area contributed by atoms with E-state index in [2.05, 4.69) is 20.8 Å². The van der Waals surface area contributed by atoms with Gasteiger partial charge in [-0.15, -0.1) is 0 Å². The third-order valence-corrected chi connectivity index (χ3v) is 3.16. The third-order valence-electron chi connectivity index (χ3n) is 3.16. The lowest BCUT2D eigenvalue weighted by Crippen LogP contribution is -2.04. The quantitative estimate of drug-likeness (QED) is 0.734. The monoisotopic (exact) mass is 224 g/mol. The first-order valence-corrected chi connectivity index (χ1v) is 5.57. The normalized spacial score (nSPS) is 13.1. The molecule has 0 aliphatic carbocycles. The topological polar surface area (TPSA) is 60.7 Å². The van der Waals surface area contributed by atoms with Crippen molar-refractivity contribution in [2.75, 3.05) is 0 Å². The zero-order valence-electron chi connectivity index (χ0n) is 10.1. The molecule has 1 aromatic rings. The van der Waals surface area contributed by atoms with Gasteiger partial charge in [0.2, 0.25) is 0 Å². The highest BCUT2D eigenvalue weighted by Crippen LogP contribution is 2.31. The van der Waals surface area contributed by atoms with E-state index in [4.69, 9.17) is 10.2 Å². The lowest BCUT2D eigenvalue weighted by molar-refractivity contribution is 0.263. The molecule has 1 unspecified atom stereocenters. The Hall–Kier alpha value is -1.06. The number of hydrogen-bond donors (Lipinski definition) is 3. The van der Waals surface area contributed by atoms with Gasteiger partial charge in [-0.3, -0.25) is 0 Å². The Morgan fingerprint density at radius 1 is 1.00 bits per heavy atom. The van der Waals surface area contributed by atoms with Gasteiger partial charge in [0.1, 0.15) is 5.75 Å². The maximum atomic E-state index is 9.71. The molecule has 90 valence electrons. The van der Waals surface area contributed by atoms with E-state index in [1.807, 2.05) is 0 Å². The molecule has 3 heteroatoms. The standard InChI is InChI=1S/C13H20O3/c1-8(2)9(3)10-4-11(6-14)13(16)12(5-10)7-15/h4-5,8-9,14-16H,6-7H2,1-3H3. The fourth-order valence-corrected chi connectivity index (χ4v) is 1.68. The first kappa shape index (κ1) is 13.0. The zero-order valence-corrected chi connectivity index (χ0v) is 10.1. The molecule has 0 amide bonds. The lowest BCUT2D eigenvalue weighted by atomic mass is 9.88. The molecule has 0 saturated carbocycles. The summed E-state index contributed by atoms with van der Waals surface area (Å²) in [6, 6.07) is 3.61. The molecule has 0 bridgehead atoms. The lowest BCUT2D eigenvalue weighted by Gasteiger charge is -2.18. The summed E-state index contributed by atoms with van der Waals surface area (Å²) in [6.45, 7) is 5.91. The van der Waals surface area contributed by atoms with Crippen molar-refractivity contribution in [2.24, 2.45) is 5.92 Å². The highest BCUT2D eigenvalue weighted by molar-refractivity contribution is 5.44. The highest BCUT2D eigenvalue weighted by atomic mass is 16.3. The van der Waals surface area contributed by atoms with Gasteiger partial charge in [-0.05, 0) is 29.5 Å². The average Bonchev–Trinajstić information content (AvgIpc) is 2.28. The number of phenols is 1. The molecule has 3 N–H and O–H groups in total. The van der Waals surface area contributed by atoms with Crippen LogP contribution < -0.4 is 0 Å². The van der Waals surface area contributed by atoms with Crippen LogP contribution in [0.4, 0.5) is 0 Å². The van der Waals surface area contributed by atoms with Crippen molar-refractivity contribution in [2.45, 2.75) is 39.9 Å². The molecule has 1 rings (SSSR count). The fraction of sp³-hybridized carbons (Fsp3) is 0.538. The maximum absolute atomic E-state index is 9.71. The van der Waals surface area contributed by atoms with Crippen LogP contribution in [0, 0.1) is 5.92 Å². The van der Waals surface area contributed by atoms with E-state index in [1.54, 1.807) is 12.1 Å². The molecule has 0 heterocycles. The second-order valence-electron chi connectivity index (χ2n) is 4.54. The molecular formula is C13H20O3. The van der Waals surface area contributed by atoms with Gasteiger partial charge in [-0.25, -0.2) is 0 Å². The number of aliphatic hydroxyl groups excluding tert-OH is 2. The van der Waals surface area contributed by atoms with Gasteiger partial charge in [0.25, 0.3) is 0 Å². The molecule has 1 atom stereocenters. The predicted octanol–water partition coefficient (Wildman–Crippen LogP) is 2.14. The zero-order chi connectivity index (χ0) is 12.3. The Balaban J connectivity index is 3.21. The smallest absolute Gasteiger partial charge is 0.126 e. The Morgan fingerprint density at radius 2 is 1.44 bits per heavy atom. The summed E-state index contributed by atoms with van der Waals surface area (Å²) >= 11 is 0. The minimum Gasteiger partial charge on any atom is -0.507 e. The van der Waals surface area contributed by atoms with Gasteiger partial charge >= 0.3 is 0 Å². The van der Waals surface area contributed by atoms with E-state index < -0.39 is 0 Å². The van der Waals surface area contributed by atoms with Crippen LogP contribution in [0.2, 0.25) is 0 Å². The molecule has 1 aromatic carbocycles. The van der Waals surface area contributed by atoms with Crippen molar-refractivity contribution in [3.05, 3.63) is 28.8 Å². The summed E-state index contributed by atoms with van der Waals surface area (Å²) in [4.78, 5) is 0. The van der Waals surface area contributed by atoms with Crippen molar-refractivity contribution in [1.82, 2.24) is 0 Å². The van der Waals surface area contributed by atoms with Crippen molar-refractivity contribution < 1.29 is 15.3 Å². The van der Waals surface area contributed by atoms with Crippen molar-refractivity contribution in [3.63, 3.8) is 0 Å². The summed E-state index contributed by atoms with van der Waals surface area (Å²) in [5, 5.41) is 28.0. The van der Waals surface area contributed by atoms with Gasteiger partial charge in [0.05, 0.1) is 13.2 Å². The minimum absolute atomic E-state index is 0.00436. The summed E-state index contributed by atoms with van der Waals surface area (Å²) < 4.78 is 0. The summed E-state index contributed by atoms with van der Waals surface area (Å²) in [5.74, 6) is 0.809. The van der Waals surface area contributed by atoms with E-state index in [0.29, 0.717) is 23.0 Å². The molecule has 0 aliphatic heterocycles. The summed E-state index contributed by atoms with van der Waals surface area (Å²) in [6.07, 6.45) is 0. The average molecular weight is 224 g/mol. The molecule has 16 heavy (non-hydrogen) atoms. The fourth-order valence-electron chi connectivity index (χ4n) is 1.68. The van der Waals surface area contributed by atoms with E-state index in [-0.39, 0.29) is 19.0 Å². The summed E-state index contributed by atoms with van der Waals surface area (Å²) in [7, 11) is 0. The van der Waals surface area contributed by atoms with Crippen LogP contribution >= 0.6 is 0 Å². The molecular weight excluding hydrogens is 204 g/mol. The number of hydrogen-bond acceptors (Lipinski definition) is 3. The van der Waals surface area contributed by atoms with Gasteiger partial charge in [0, 0.05) is 11.1 Å². The number of benzene rings is 1. The highest BCUT2D eigenvalue weighted by Gasteiger charge is 2.15. The number of aromatic hydroxyl groups is 1. The van der Waals surface area contributed by atoms with Gasteiger partial charge in [-0.1, -0.05) is 20.8 Å². The Bertz CT molecular complexity index is 333. The van der Waals surface area contributed by atoms with Gasteiger partial charge in [0.15, 0.2) is 0 Å². The van der Waals surface area contributed by atoms with Crippen LogP contribution in [0.5, 0.6) is 5.75 Å². The predicted molar refractivity (Wildman–Crippen MR) is 63.2 cm³/mol. The van der Waals surface area contributed by atoms with E-state index in [0.717, 1.165) is 5.56 Å². The molecule has 0 aromatic heterocycles. The SMILES string of the molecule is CC(C)C(C)c1cc(CO)c(O)c(CO)c1. The van der Waals surface area contributed by atoms with Gasteiger partial charge < -0.3 is 15.3 Å². The molecule has 0 spiro atoms. The van der Waals surface area contributed by atoms with Crippen LogP contribution in [-0.4, -0.2) is 15.3 Å². The molecule has 0 radical (unpaired) electrons. The van der Waals surface area contributed by atoms with Crippen molar-refractivity contribution in [3.8, 4) is 5.75 Å². The number of rotatable bonds is 4. The second kappa shape index (κ2) is 5.32. The van der Waals surface area contributed by atoms with Crippen LogP contribution in [0.25, 0.3) is 0 Å². The molecule has 0 saturated heterocycles. The minimum atomic E-state index is -0.211. The van der Waals surface area contributed by atoms with Crippen molar-refractivity contribution >= 4 is 0 Å². The van der Waals surface area contributed by atoms with Crippen LogP contribution in [0.1, 0.15) is 43.4 Å². The van der Waals surface area contributed by atoms with Crippen molar-refractivity contribution in [1.29, 1.82) is 0 Å². The largest absolute Gasteiger partial charge is 0.507 e. The molecule has 0 aliphatic rings. The second-order valence-corrected chi connectivity index (χ2v) is 4.54. The van der Waals surface area contributed by atoms with E-state index >= 15 is 0 Å². The van der Waals surface area contributed by atoms with E-state index in [9.17, 15) is 5.11 Å². The third kappa shape index (κ3) is 2.54. The van der Waals surface area contributed by atoms with E-state index in [1.165, 1.54) is 0 Å². The van der Waals surface area contributed by atoms with Crippen LogP contribution in [0.15, 0.2) is 12.1 Å². The van der Waals surface area contributed by atoms with Crippen LogP contribution in [-0.2, 0) is 13.2 Å². The summed E-state index contributed by atoms with van der Waals surface area (Å²) in [5.41, 5.74) is 2.00. The Morgan fingerprint density at radius 3 is 1.75 bits per heavy atom. The first-order chi connectivity index (χ1) is 7.51. The Labute approximate surface area is 96.4 Å². The van der Waals surface area contributed by atoms with Crippen LogP contribution in [0.3, 0.4) is 0 Å². The first-order valence-electron chi connectivity index (χ1n) is 5.57. The Kier molecular flexibility index (Phi) is 4.33. The molecule has 0 fully saturated rings.